The topological polar surface area (TPSA) is 54.9 Å². The molecule has 5 heteroatoms. The van der Waals surface area contributed by atoms with Gasteiger partial charge in [0, 0.05) is 6.07 Å². The van der Waals surface area contributed by atoms with Crippen LogP contribution in [0.4, 0.5) is 0 Å². The highest BCUT2D eigenvalue weighted by Crippen LogP contribution is 2.09. The predicted molar refractivity (Wildman–Crippen MR) is 71.3 cm³/mol. The van der Waals surface area contributed by atoms with Crippen LogP contribution in [0, 0.1) is 0 Å². The van der Waals surface area contributed by atoms with Gasteiger partial charge in [0.1, 0.15) is 5.15 Å². The predicted octanol–water partition coefficient (Wildman–Crippen LogP) is 1.80. The van der Waals surface area contributed by atoms with E-state index in [4.69, 9.17) is 11.6 Å². The third kappa shape index (κ3) is 2.54. The van der Waals surface area contributed by atoms with E-state index in [-0.39, 0.29) is 11.7 Å². The zero-order valence-electron chi connectivity index (χ0n) is 9.94. The molecule has 2 rings (SSSR count). The van der Waals surface area contributed by atoms with Gasteiger partial charge in [0.25, 0.3) is 5.56 Å². The van der Waals surface area contributed by atoms with Gasteiger partial charge in [-0.2, -0.15) is 0 Å². The number of halogens is 1. The second-order valence-corrected chi connectivity index (χ2v) is 4.38. The van der Waals surface area contributed by atoms with E-state index in [1.54, 1.807) is 0 Å². The Morgan fingerprint density at radius 2 is 1.89 bits per heavy atom. The van der Waals surface area contributed by atoms with Gasteiger partial charge < -0.3 is 0 Å². The highest BCUT2D eigenvalue weighted by Gasteiger charge is 2.06. The first-order chi connectivity index (χ1) is 8.61. The number of benzene rings is 1. The molecule has 4 nitrogen and oxygen atoms in total. The van der Waals surface area contributed by atoms with Crippen molar-refractivity contribution in [2.75, 3.05) is 0 Å². The van der Waals surface area contributed by atoms with Crippen LogP contribution in [0.1, 0.15) is 18.1 Å². The van der Waals surface area contributed by atoms with Crippen molar-refractivity contribution in [3.05, 3.63) is 67.4 Å². The van der Waals surface area contributed by atoms with Crippen LogP contribution < -0.4 is 11.2 Å². The van der Waals surface area contributed by atoms with E-state index in [1.807, 2.05) is 31.2 Å². The van der Waals surface area contributed by atoms with E-state index in [2.05, 4.69) is 4.98 Å². The number of rotatable bonds is 3. The first kappa shape index (κ1) is 12.6. The SMILES string of the molecule is CCc1ccccc1Cn1c(=O)cc(Cl)[nH]c1=O. The molecule has 1 aromatic carbocycles. The fourth-order valence-electron chi connectivity index (χ4n) is 1.87. The van der Waals surface area contributed by atoms with E-state index in [0.29, 0.717) is 0 Å². The van der Waals surface area contributed by atoms with E-state index >= 15 is 0 Å². The van der Waals surface area contributed by atoms with Crippen molar-refractivity contribution < 1.29 is 0 Å². The van der Waals surface area contributed by atoms with Gasteiger partial charge in [0.15, 0.2) is 0 Å². The Balaban J connectivity index is 2.47. The van der Waals surface area contributed by atoms with Crippen LogP contribution in [0.15, 0.2) is 39.9 Å². The number of nitrogens with one attached hydrogen (secondary N) is 1. The molecule has 0 aliphatic carbocycles. The number of hydrogen-bond donors (Lipinski definition) is 1. The molecule has 0 aliphatic heterocycles. The van der Waals surface area contributed by atoms with Gasteiger partial charge in [-0.05, 0) is 17.5 Å². The van der Waals surface area contributed by atoms with Gasteiger partial charge >= 0.3 is 5.69 Å². The van der Waals surface area contributed by atoms with Crippen LogP contribution in [0.5, 0.6) is 0 Å². The Bertz CT molecular complexity index is 642. The maximum atomic E-state index is 11.7. The maximum Gasteiger partial charge on any atom is 0.329 e. The Kier molecular flexibility index (Phi) is 3.67. The number of aryl methyl sites for hydroxylation is 1. The summed E-state index contributed by atoms with van der Waals surface area (Å²) in [6.07, 6.45) is 0.858. The first-order valence-corrected chi connectivity index (χ1v) is 6.06. The molecule has 0 amide bonds. The van der Waals surface area contributed by atoms with E-state index < -0.39 is 11.2 Å². The quantitative estimate of drug-likeness (QED) is 0.860. The van der Waals surface area contributed by atoms with Crippen LogP contribution in [0.25, 0.3) is 0 Å². The van der Waals surface area contributed by atoms with Gasteiger partial charge in [-0.3, -0.25) is 14.3 Å². The molecule has 0 saturated heterocycles. The molecular formula is C13H13ClN2O2. The lowest BCUT2D eigenvalue weighted by Crippen LogP contribution is -2.35. The van der Waals surface area contributed by atoms with Gasteiger partial charge in [-0.15, -0.1) is 0 Å². The largest absolute Gasteiger partial charge is 0.329 e. The molecule has 0 atom stereocenters. The van der Waals surface area contributed by atoms with Crippen molar-refractivity contribution in [3.63, 3.8) is 0 Å². The van der Waals surface area contributed by atoms with Crippen LogP contribution >= 0.6 is 11.6 Å². The Labute approximate surface area is 109 Å². The Morgan fingerprint density at radius 3 is 2.50 bits per heavy atom. The smallest absolute Gasteiger partial charge is 0.298 e. The minimum Gasteiger partial charge on any atom is -0.298 e. The van der Waals surface area contributed by atoms with Crippen LogP contribution in [0.2, 0.25) is 5.15 Å². The summed E-state index contributed by atoms with van der Waals surface area (Å²) in [5.41, 5.74) is 1.21. The molecule has 0 aliphatic rings. The minimum absolute atomic E-state index is 0.0602. The fraction of sp³-hybridized carbons (Fsp3) is 0.231. The highest BCUT2D eigenvalue weighted by atomic mass is 35.5. The third-order valence-corrected chi connectivity index (χ3v) is 3.02. The summed E-state index contributed by atoms with van der Waals surface area (Å²) in [5, 5.41) is 0.0602. The van der Waals surface area contributed by atoms with Gasteiger partial charge in [-0.25, -0.2) is 4.79 Å². The van der Waals surface area contributed by atoms with Crippen molar-refractivity contribution >= 4 is 11.6 Å². The average Bonchev–Trinajstić information content (AvgIpc) is 2.34. The second-order valence-electron chi connectivity index (χ2n) is 3.97. The average molecular weight is 265 g/mol. The summed E-state index contributed by atoms with van der Waals surface area (Å²) in [7, 11) is 0. The molecule has 0 unspecified atom stereocenters. The lowest BCUT2D eigenvalue weighted by molar-refractivity contribution is 0.694. The monoisotopic (exact) mass is 264 g/mol. The molecule has 1 N–H and O–H groups in total. The molecule has 1 heterocycles. The van der Waals surface area contributed by atoms with Crippen LogP contribution in [0.3, 0.4) is 0 Å². The minimum atomic E-state index is -0.488. The van der Waals surface area contributed by atoms with E-state index in [0.717, 1.165) is 22.1 Å². The number of aromatic nitrogens is 2. The molecule has 18 heavy (non-hydrogen) atoms. The molecule has 0 fully saturated rings. The molecule has 1 aromatic heterocycles. The number of aromatic amines is 1. The summed E-state index contributed by atoms with van der Waals surface area (Å²) in [6, 6.07) is 8.95. The summed E-state index contributed by atoms with van der Waals surface area (Å²) >= 11 is 5.61. The lowest BCUT2D eigenvalue weighted by atomic mass is 10.1. The van der Waals surface area contributed by atoms with Crippen LogP contribution in [-0.2, 0) is 13.0 Å². The number of H-pyrrole nitrogens is 1. The van der Waals surface area contributed by atoms with Gasteiger partial charge in [0.2, 0.25) is 0 Å². The van der Waals surface area contributed by atoms with Crippen molar-refractivity contribution in [3.8, 4) is 0 Å². The molecule has 0 spiro atoms. The number of hydrogen-bond acceptors (Lipinski definition) is 2. The molecule has 0 bridgehead atoms. The van der Waals surface area contributed by atoms with Crippen molar-refractivity contribution in [2.45, 2.75) is 19.9 Å². The fourth-order valence-corrected chi connectivity index (χ4v) is 2.04. The molecule has 94 valence electrons. The molecule has 0 radical (unpaired) electrons. The van der Waals surface area contributed by atoms with E-state index in [9.17, 15) is 9.59 Å². The van der Waals surface area contributed by atoms with Crippen molar-refractivity contribution in [2.24, 2.45) is 0 Å². The number of nitrogens with zero attached hydrogens (tertiary/aromatic N) is 1. The van der Waals surface area contributed by atoms with Crippen LogP contribution in [-0.4, -0.2) is 9.55 Å². The van der Waals surface area contributed by atoms with E-state index in [1.165, 1.54) is 6.07 Å². The van der Waals surface area contributed by atoms with Crippen molar-refractivity contribution in [1.29, 1.82) is 0 Å². The standard InChI is InChI=1S/C13H13ClN2O2/c1-2-9-5-3-4-6-10(9)8-16-12(17)7-11(14)15-13(16)18/h3-7H,2,8H2,1H3,(H,15,18). The zero-order valence-corrected chi connectivity index (χ0v) is 10.7. The van der Waals surface area contributed by atoms with Gasteiger partial charge in [-0.1, -0.05) is 42.8 Å². The second kappa shape index (κ2) is 5.23. The summed E-state index contributed by atoms with van der Waals surface area (Å²) in [5.74, 6) is 0. The zero-order chi connectivity index (χ0) is 13.1. The Hall–Kier alpha value is -1.81. The highest BCUT2D eigenvalue weighted by molar-refractivity contribution is 6.29. The lowest BCUT2D eigenvalue weighted by Gasteiger charge is -2.08. The molecular weight excluding hydrogens is 252 g/mol. The third-order valence-electron chi connectivity index (χ3n) is 2.82. The van der Waals surface area contributed by atoms with Crippen molar-refractivity contribution in [1.82, 2.24) is 9.55 Å². The summed E-state index contributed by atoms with van der Waals surface area (Å²) in [6.45, 7) is 2.29. The summed E-state index contributed by atoms with van der Waals surface area (Å²) in [4.78, 5) is 25.8. The maximum absolute atomic E-state index is 11.7. The Morgan fingerprint density at radius 1 is 1.22 bits per heavy atom. The normalized spacial score (nSPS) is 10.6. The molecule has 0 saturated carbocycles. The first-order valence-electron chi connectivity index (χ1n) is 5.68. The molecule has 2 aromatic rings. The van der Waals surface area contributed by atoms with Gasteiger partial charge in [0.05, 0.1) is 6.54 Å². The summed E-state index contributed by atoms with van der Waals surface area (Å²) < 4.78 is 1.14.